The zero-order chi connectivity index (χ0) is 23.9. The Balaban J connectivity index is 1.50. The number of pyridine rings is 1. The number of hydrogen-bond acceptors (Lipinski definition) is 4. The maximum absolute atomic E-state index is 13.3. The molecular weight excluding hydrogens is 446 g/mol. The lowest BCUT2D eigenvalue weighted by molar-refractivity contribution is 0.205. The van der Waals surface area contributed by atoms with Gasteiger partial charge in [0.1, 0.15) is 0 Å². The van der Waals surface area contributed by atoms with Crippen LogP contribution in [0.15, 0.2) is 84.1 Å². The molecule has 0 radical (unpaired) electrons. The number of nitrogens with one attached hydrogen (secondary N) is 2. The predicted molar refractivity (Wildman–Crippen MR) is 140 cm³/mol. The summed E-state index contributed by atoms with van der Waals surface area (Å²) in [4.78, 5) is 21.6. The molecule has 3 aromatic rings. The molecule has 2 amide bonds. The normalized spacial score (nSPS) is 13.1. The highest BCUT2D eigenvalue weighted by Crippen LogP contribution is 2.25. The van der Waals surface area contributed by atoms with E-state index in [0.717, 1.165) is 35.1 Å². The first kappa shape index (κ1) is 23.8. The van der Waals surface area contributed by atoms with Gasteiger partial charge in [0, 0.05) is 41.9 Å². The van der Waals surface area contributed by atoms with Crippen molar-refractivity contribution in [2.24, 2.45) is 0 Å². The zero-order valence-corrected chi connectivity index (χ0v) is 20.3. The molecule has 1 aromatic heterocycles. The number of anilines is 1. The second-order valence-corrected chi connectivity index (χ2v) is 9.07. The lowest BCUT2D eigenvalue weighted by Crippen LogP contribution is -2.43. The van der Waals surface area contributed by atoms with Crippen molar-refractivity contribution >= 4 is 34.2 Å². The van der Waals surface area contributed by atoms with Crippen LogP contribution < -0.4 is 10.6 Å². The van der Waals surface area contributed by atoms with E-state index in [-0.39, 0.29) is 6.03 Å². The molecule has 0 saturated carbocycles. The molecule has 0 aliphatic heterocycles. The summed E-state index contributed by atoms with van der Waals surface area (Å²) in [5, 5.41) is 8.12. The molecule has 0 spiro atoms. The Bertz CT molecular complexity index is 1210. The molecule has 1 aliphatic rings. The maximum Gasteiger partial charge on any atom is 0.319 e. The van der Waals surface area contributed by atoms with Gasteiger partial charge in [-0.1, -0.05) is 54.1 Å². The summed E-state index contributed by atoms with van der Waals surface area (Å²) in [6.07, 6.45) is 7.10. The molecule has 0 unspecified atom stereocenters. The fourth-order valence-corrected chi connectivity index (χ4v) is 4.19. The second-order valence-electron chi connectivity index (χ2n) is 8.63. The fourth-order valence-electron chi connectivity index (χ4n) is 4.02. The van der Waals surface area contributed by atoms with E-state index in [4.69, 9.17) is 11.6 Å². The van der Waals surface area contributed by atoms with Crippen molar-refractivity contribution in [2.75, 3.05) is 39.2 Å². The Morgan fingerprint density at radius 1 is 1.03 bits per heavy atom. The highest BCUT2D eigenvalue weighted by molar-refractivity contribution is 6.31. The van der Waals surface area contributed by atoms with Gasteiger partial charge in [0.05, 0.1) is 12.2 Å². The lowest BCUT2D eigenvalue weighted by atomic mass is 10.1. The molecule has 4 rings (SSSR count). The number of likely N-dealkylation sites (N-methyl/N-ethyl adjacent to an activating group) is 1. The van der Waals surface area contributed by atoms with Gasteiger partial charge in [0.25, 0.3) is 0 Å². The van der Waals surface area contributed by atoms with Crippen molar-refractivity contribution in [3.05, 3.63) is 94.7 Å². The summed E-state index contributed by atoms with van der Waals surface area (Å²) < 4.78 is 0. The third-order valence-corrected chi connectivity index (χ3v) is 5.96. The van der Waals surface area contributed by atoms with Gasteiger partial charge in [0.15, 0.2) is 0 Å². The van der Waals surface area contributed by atoms with Gasteiger partial charge < -0.3 is 20.4 Å². The van der Waals surface area contributed by atoms with E-state index in [1.165, 1.54) is 11.1 Å². The SMILES string of the molecule is CN(C)CC1=CCC=C1CN(CNc1ccnc2cc(Cl)ccc12)C(=O)NCc1ccccc1. The van der Waals surface area contributed by atoms with Crippen LogP contribution in [0.4, 0.5) is 10.5 Å². The Morgan fingerprint density at radius 2 is 1.79 bits per heavy atom. The van der Waals surface area contributed by atoms with E-state index < -0.39 is 0 Å². The van der Waals surface area contributed by atoms with Gasteiger partial charge in [-0.15, -0.1) is 0 Å². The highest BCUT2D eigenvalue weighted by Gasteiger charge is 2.19. The molecule has 34 heavy (non-hydrogen) atoms. The molecule has 1 aliphatic carbocycles. The van der Waals surface area contributed by atoms with Crippen LogP contribution in [-0.4, -0.2) is 54.7 Å². The molecule has 2 N–H and O–H groups in total. The van der Waals surface area contributed by atoms with Crippen LogP contribution in [0.1, 0.15) is 12.0 Å². The minimum absolute atomic E-state index is 0.116. The highest BCUT2D eigenvalue weighted by atomic mass is 35.5. The number of halogens is 1. The number of allylic oxidation sites excluding steroid dienone is 2. The number of hydrogen-bond donors (Lipinski definition) is 2. The standard InChI is InChI=1S/C27H30ClN5O/c1-32(2)17-21-9-6-10-22(21)18-33(27(34)30-16-20-7-4-3-5-8-20)19-31-25-13-14-29-26-15-23(28)11-12-24(25)26/h3-5,7-15H,6,16-19H2,1-2H3,(H,29,31)(H,30,34). The van der Waals surface area contributed by atoms with Crippen LogP contribution in [0, 0.1) is 0 Å². The number of nitrogens with zero attached hydrogens (tertiary/aromatic N) is 3. The molecule has 0 fully saturated rings. The number of urea groups is 1. The summed E-state index contributed by atoms with van der Waals surface area (Å²) in [6, 6.07) is 17.4. The third-order valence-electron chi connectivity index (χ3n) is 5.73. The smallest absolute Gasteiger partial charge is 0.319 e. The van der Waals surface area contributed by atoms with Crippen molar-refractivity contribution in [2.45, 2.75) is 13.0 Å². The largest absolute Gasteiger partial charge is 0.367 e. The summed E-state index contributed by atoms with van der Waals surface area (Å²) >= 11 is 6.13. The number of carbonyl (C=O) groups excluding carboxylic acids is 1. The zero-order valence-electron chi connectivity index (χ0n) is 19.6. The Morgan fingerprint density at radius 3 is 2.56 bits per heavy atom. The van der Waals surface area contributed by atoms with Crippen molar-refractivity contribution < 1.29 is 4.79 Å². The van der Waals surface area contributed by atoms with Gasteiger partial charge in [-0.2, -0.15) is 0 Å². The number of rotatable bonds is 9. The van der Waals surface area contributed by atoms with Crippen LogP contribution in [0.3, 0.4) is 0 Å². The Hall–Kier alpha value is -3.35. The molecule has 176 valence electrons. The predicted octanol–water partition coefficient (Wildman–Crippen LogP) is 5.29. The number of amides is 2. The molecule has 7 heteroatoms. The number of aromatic nitrogens is 1. The van der Waals surface area contributed by atoms with Crippen LogP contribution in [0.2, 0.25) is 5.02 Å². The molecular formula is C27H30ClN5O. The summed E-state index contributed by atoms with van der Waals surface area (Å²) in [5.74, 6) is 0. The Labute approximate surface area is 205 Å². The average Bonchev–Trinajstić information content (AvgIpc) is 3.26. The van der Waals surface area contributed by atoms with Gasteiger partial charge in [-0.3, -0.25) is 4.98 Å². The quantitative estimate of drug-likeness (QED) is 0.413. The van der Waals surface area contributed by atoms with Crippen molar-refractivity contribution in [1.82, 2.24) is 20.1 Å². The van der Waals surface area contributed by atoms with Crippen molar-refractivity contribution in [3.63, 3.8) is 0 Å². The molecule has 0 atom stereocenters. The van der Waals surface area contributed by atoms with Crippen molar-refractivity contribution in [1.29, 1.82) is 0 Å². The Kier molecular flexibility index (Phi) is 7.83. The summed E-state index contributed by atoms with van der Waals surface area (Å²) in [7, 11) is 4.12. The maximum atomic E-state index is 13.3. The first-order valence-electron chi connectivity index (χ1n) is 11.4. The average molecular weight is 476 g/mol. The molecule has 1 heterocycles. The van der Waals surface area contributed by atoms with Crippen LogP contribution >= 0.6 is 11.6 Å². The lowest BCUT2D eigenvalue weighted by Gasteiger charge is -2.26. The van der Waals surface area contributed by atoms with Crippen LogP contribution in [0.25, 0.3) is 10.9 Å². The van der Waals surface area contributed by atoms with Gasteiger partial charge in [-0.05, 0) is 61.5 Å². The fraction of sp³-hybridized carbons (Fsp3) is 0.259. The molecule has 2 aromatic carbocycles. The first-order valence-corrected chi connectivity index (χ1v) is 11.8. The topological polar surface area (TPSA) is 60.5 Å². The molecule has 0 bridgehead atoms. The third kappa shape index (κ3) is 6.16. The van der Waals surface area contributed by atoms with E-state index in [2.05, 4.69) is 46.8 Å². The molecule has 6 nitrogen and oxygen atoms in total. The summed E-state index contributed by atoms with van der Waals surface area (Å²) in [6.45, 7) is 2.22. The van der Waals surface area contributed by atoms with E-state index >= 15 is 0 Å². The monoisotopic (exact) mass is 475 g/mol. The number of carbonyl (C=O) groups is 1. The van der Waals surface area contributed by atoms with Gasteiger partial charge in [0.2, 0.25) is 0 Å². The van der Waals surface area contributed by atoms with Crippen LogP contribution in [0.5, 0.6) is 0 Å². The number of fused-ring (bicyclic) bond motifs is 1. The first-order chi connectivity index (χ1) is 16.5. The van der Waals surface area contributed by atoms with Gasteiger partial charge in [-0.25, -0.2) is 4.79 Å². The van der Waals surface area contributed by atoms with E-state index in [1.54, 1.807) is 6.20 Å². The molecule has 0 saturated heterocycles. The minimum Gasteiger partial charge on any atom is -0.367 e. The second kappa shape index (κ2) is 11.2. The summed E-state index contributed by atoms with van der Waals surface area (Å²) in [5.41, 5.74) is 5.25. The van der Waals surface area contributed by atoms with Gasteiger partial charge >= 0.3 is 6.03 Å². The minimum atomic E-state index is -0.116. The van der Waals surface area contributed by atoms with E-state index in [0.29, 0.717) is 24.8 Å². The van der Waals surface area contributed by atoms with E-state index in [9.17, 15) is 4.79 Å². The van der Waals surface area contributed by atoms with E-state index in [1.807, 2.05) is 59.5 Å². The number of benzene rings is 2. The van der Waals surface area contributed by atoms with Crippen molar-refractivity contribution in [3.8, 4) is 0 Å². The van der Waals surface area contributed by atoms with Crippen LogP contribution in [-0.2, 0) is 6.54 Å².